The monoisotopic (exact) mass is 598 g/mol. The van der Waals surface area contributed by atoms with Crippen LogP contribution in [0.4, 0.5) is 5.69 Å². The number of carbonyl (C=O) groups is 2. The third kappa shape index (κ3) is 6.90. The summed E-state index contributed by atoms with van der Waals surface area (Å²) in [7, 11) is 5.67. The second-order valence-corrected chi connectivity index (χ2v) is 11.9. The summed E-state index contributed by atoms with van der Waals surface area (Å²) in [6.07, 6.45) is 1.96. The normalized spacial score (nSPS) is 17.5. The Hall–Kier alpha value is -4.34. The zero-order valence-electron chi connectivity index (χ0n) is 26.1. The van der Waals surface area contributed by atoms with Gasteiger partial charge >= 0.3 is 0 Å². The van der Waals surface area contributed by atoms with Gasteiger partial charge in [0, 0.05) is 55.4 Å². The van der Waals surface area contributed by atoms with Crippen LogP contribution < -0.4 is 14.8 Å². The molecule has 0 bridgehead atoms. The average Bonchev–Trinajstić information content (AvgIpc) is 3.33. The zero-order valence-corrected chi connectivity index (χ0v) is 26.1. The van der Waals surface area contributed by atoms with E-state index >= 15 is 0 Å². The van der Waals surface area contributed by atoms with Crippen LogP contribution in [0.5, 0.6) is 11.5 Å². The van der Waals surface area contributed by atoms with Crippen LogP contribution in [0.15, 0.2) is 72.9 Å². The lowest BCUT2D eigenvalue weighted by Crippen LogP contribution is -2.49. The summed E-state index contributed by atoms with van der Waals surface area (Å²) >= 11 is 0. The largest absolute Gasteiger partial charge is 0.497 e. The molecule has 3 atom stereocenters. The van der Waals surface area contributed by atoms with Gasteiger partial charge in [-0.3, -0.25) is 14.5 Å². The van der Waals surface area contributed by atoms with Crippen molar-refractivity contribution < 1.29 is 24.2 Å². The quantitative estimate of drug-likeness (QED) is 0.274. The van der Waals surface area contributed by atoms with Gasteiger partial charge in [0.1, 0.15) is 17.6 Å². The summed E-state index contributed by atoms with van der Waals surface area (Å²) < 4.78 is 13.8. The Kier molecular flexibility index (Phi) is 9.56. The van der Waals surface area contributed by atoms with Crippen molar-refractivity contribution in [1.82, 2.24) is 14.4 Å². The molecule has 5 rings (SSSR count). The van der Waals surface area contributed by atoms with Crippen LogP contribution in [0.1, 0.15) is 35.3 Å². The molecule has 0 saturated heterocycles. The average molecular weight is 599 g/mol. The van der Waals surface area contributed by atoms with Gasteiger partial charge in [0.15, 0.2) is 0 Å². The van der Waals surface area contributed by atoms with Crippen LogP contribution in [-0.4, -0.2) is 77.3 Å². The summed E-state index contributed by atoms with van der Waals surface area (Å²) in [6, 6.07) is 20.8. The zero-order chi connectivity index (χ0) is 31.4. The number of carbonyl (C=O) groups excluding carboxylic acids is 2. The Morgan fingerprint density at radius 2 is 1.91 bits per heavy atom. The topological polar surface area (TPSA) is 96.3 Å². The van der Waals surface area contributed by atoms with Crippen molar-refractivity contribution in [3.8, 4) is 11.5 Å². The number of aliphatic hydroxyl groups excluding tert-OH is 1. The number of likely N-dealkylation sites (N-methyl/N-ethyl adjacent to an activating group) is 1. The highest BCUT2D eigenvalue weighted by molar-refractivity contribution is 6.00. The summed E-state index contributed by atoms with van der Waals surface area (Å²) in [5.41, 5.74) is 4.04. The van der Waals surface area contributed by atoms with Gasteiger partial charge in [-0.05, 0) is 61.5 Å². The molecule has 0 spiro atoms. The molecular weight excluding hydrogens is 556 g/mol. The molecule has 0 saturated carbocycles. The maximum atomic E-state index is 13.8. The number of hydrogen-bond acceptors (Lipinski definition) is 6. The number of aliphatic hydroxyl groups is 1. The number of nitrogens with zero attached hydrogens (tertiary/aromatic N) is 3. The van der Waals surface area contributed by atoms with E-state index in [1.165, 1.54) is 0 Å². The van der Waals surface area contributed by atoms with Crippen LogP contribution in [0.3, 0.4) is 0 Å². The van der Waals surface area contributed by atoms with Gasteiger partial charge in [-0.15, -0.1) is 0 Å². The lowest BCUT2D eigenvalue weighted by Gasteiger charge is -2.38. The molecule has 1 aliphatic heterocycles. The van der Waals surface area contributed by atoms with Gasteiger partial charge in [-0.25, -0.2) is 0 Å². The van der Waals surface area contributed by atoms with E-state index in [1.54, 1.807) is 30.2 Å². The van der Waals surface area contributed by atoms with Crippen molar-refractivity contribution in [2.45, 2.75) is 39.0 Å². The first kappa shape index (κ1) is 31.1. The predicted octanol–water partition coefficient (Wildman–Crippen LogP) is 4.72. The summed E-state index contributed by atoms with van der Waals surface area (Å²) in [5, 5.41) is 14.0. The van der Waals surface area contributed by atoms with Crippen molar-refractivity contribution >= 4 is 28.4 Å². The van der Waals surface area contributed by atoms with Crippen molar-refractivity contribution in [2.24, 2.45) is 13.0 Å². The van der Waals surface area contributed by atoms with Crippen LogP contribution in [-0.2, 0) is 24.8 Å². The third-order valence-corrected chi connectivity index (χ3v) is 8.38. The highest BCUT2D eigenvalue weighted by atomic mass is 16.5. The van der Waals surface area contributed by atoms with E-state index in [0.29, 0.717) is 30.1 Å². The van der Waals surface area contributed by atoms with Crippen molar-refractivity contribution in [3.05, 3.63) is 89.6 Å². The first-order valence-electron chi connectivity index (χ1n) is 15.0. The fourth-order valence-electron chi connectivity index (χ4n) is 5.88. The van der Waals surface area contributed by atoms with Crippen LogP contribution in [0.2, 0.25) is 0 Å². The third-order valence-electron chi connectivity index (χ3n) is 8.38. The lowest BCUT2D eigenvalue weighted by atomic mass is 9.99. The number of hydrogen-bond donors (Lipinski definition) is 2. The number of nitrogens with one attached hydrogen (secondary N) is 1. The molecule has 0 fully saturated rings. The molecule has 4 aromatic rings. The summed E-state index contributed by atoms with van der Waals surface area (Å²) in [6.45, 7) is 5.54. The van der Waals surface area contributed by atoms with Gasteiger partial charge in [-0.2, -0.15) is 0 Å². The van der Waals surface area contributed by atoms with Crippen molar-refractivity contribution in [2.75, 3.05) is 39.2 Å². The Morgan fingerprint density at radius 1 is 1.16 bits per heavy atom. The summed E-state index contributed by atoms with van der Waals surface area (Å²) in [5.74, 6) is 0.874. The summed E-state index contributed by atoms with van der Waals surface area (Å²) in [4.78, 5) is 30.9. The molecule has 44 heavy (non-hydrogen) atoms. The first-order valence-corrected chi connectivity index (χ1v) is 15.0. The van der Waals surface area contributed by atoms with Crippen molar-refractivity contribution in [3.63, 3.8) is 0 Å². The van der Waals surface area contributed by atoms with E-state index < -0.39 is 0 Å². The first-order chi connectivity index (χ1) is 21.2. The highest BCUT2D eigenvalue weighted by Gasteiger charge is 2.33. The molecule has 1 aromatic heterocycles. The van der Waals surface area contributed by atoms with E-state index in [4.69, 9.17) is 9.47 Å². The van der Waals surface area contributed by atoms with E-state index in [2.05, 4.69) is 17.1 Å². The maximum Gasteiger partial charge on any atom is 0.258 e. The molecule has 2 amide bonds. The van der Waals surface area contributed by atoms with Gasteiger partial charge in [-0.1, -0.05) is 37.3 Å². The molecule has 232 valence electrons. The molecule has 0 aliphatic carbocycles. The van der Waals surface area contributed by atoms with E-state index in [1.807, 2.05) is 80.3 Å². The van der Waals surface area contributed by atoms with Crippen LogP contribution >= 0.6 is 0 Å². The fourth-order valence-corrected chi connectivity index (χ4v) is 5.88. The molecule has 1 aliphatic rings. The number of anilines is 1. The Morgan fingerprint density at radius 3 is 2.64 bits per heavy atom. The minimum absolute atomic E-state index is 0.000470. The van der Waals surface area contributed by atoms with Gasteiger partial charge in [0.2, 0.25) is 5.91 Å². The number of ether oxygens (including phenoxy) is 2. The molecule has 2 N–H and O–H groups in total. The standard InChI is InChI=1S/C35H42N4O5/c1-23-18-39(24(2)22-40)35(42)30-17-27(36-34(41)16-26-20-38(4)31-9-7-6-8-29(26)31)12-15-32(30)44-33(23)21-37(3)19-25-10-13-28(43-5)14-11-25/h6-15,17,20,23-24,33,40H,16,18-19,21-22H2,1-5H3,(H,36,41)/t23-,24-,33-/m1/s1. The number of methoxy groups -OCH3 is 1. The van der Waals surface area contributed by atoms with E-state index in [9.17, 15) is 14.7 Å². The van der Waals surface area contributed by atoms with Crippen LogP contribution in [0.25, 0.3) is 10.9 Å². The smallest absolute Gasteiger partial charge is 0.258 e. The molecule has 0 unspecified atom stereocenters. The molecule has 0 radical (unpaired) electrons. The van der Waals surface area contributed by atoms with Gasteiger partial charge in [0.25, 0.3) is 5.91 Å². The molecular formula is C35H42N4O5. The molecule has 9 heteroatoms. The Balaban J connectivity index is 1.36. The number of aryl methyl sites for hydroxylation is 1. The second kappa shape index (κ2) is 13.5. The minimum Gasteiger partial charge on any atom is -0.497 e. The Bertz CT molecular complexity index is 1620. The molecule has 9 nitrogen and oxygen atoms in total. The number of para-hydroxylation sites is 1. The number of fused-ring (bicyclic) bond motifs is 2. The van der Waals surface area contributed by atoms with E-state index in [0.717, 1.165) is 34.3 Å². The Labute approximate surface area is 259 Å². The van der Waals surface area contributed by atoms with Crippen molar-refractivity contribution in [1.29, 1.82) is 0 Å². The highest BCUT2D eigenvalue weighted by Crippen LogP contribution is 2.31. The number of aromatic nitrogens is 1. The number of benzene rings is 3. The molecule has 3 aromatic carbocycles. The fraction of sp³-hybridized carbons (Fsp3) is 0.371. The minimum atomic E-state index is -0.377. The number of rotatable bonds is 10. The van der Waals surface area contributed by atoms with E-state index in [-0.39, 0.29) is 42.9 Å². The molecule has 2 heterocycles. The SMILES string of the molecule is COc1ccc(CN(C)C[C@H]2Oc3ccc(NC(=O)Cc4cn(C)c5ccccc45)cc3C(=O)N([C@H](C)CO)C[C@H]2C)cc1. The van der Waals surface area contributed by atoms with Gasteiger partial charge in [0.05, 0.1) is 31.7 Å². The maximum absolute atomic E-state index is 13.8. The lowest BCUT2D eigenvalue weighted by molar-refractivity contribution is -0.115. The second-order valence-electron chi connectivity index (χ2n) is 11.9. The van der Waals surface area contributed by atoms with Crippen LogP contribution in [0, 0.1) is 5.92 Å². The number of amides is 2. The van der Waals surface area contributed by atoms with Gasteiger partial charge < -0.3 is 29.4 Å². The predicted molar refractivity (Wildman–Crippen MR) is 172 cm³/mol.